The first-order valence-corrected chi connectivity index (χ1v) is 7.91. The summed E-state index contributed by atoms with van der Waals surface area (Å²) in [5.74, 6) is -0.290. The van der Waals surface area contributed by atoms with Crippen LogP contribution in [0.3, 0.4) is 0 Å². The Morgan fingerprint density at radius 2 is 1.95 bits per heavy atom. The van der Waals surface area contributed by atoms with Gasteiger partial charge < -0.3 is 21.3 Å². The van der Waals surface area contributed by atoms with Gasteiger partial charge in [0.05, 0.1) is 6.54 Å². The van der Waals surface area contributed by atoms with E-state index in [1.165, 1.54) is 11.3 Å². The van der Waals surface area contributed by atoms with Gasteiger partial charge in [-0.3, -0.25) is 9.59 Å². The van der Waals surface area contributed by atoms with Crippen molar-refractivity contribution in [1.29, 1.82) is 0 Å². The molecule has 1 aromatic rings. The molecule has 0 saturated heterocycles. The molecule has 1 rings (SSSR count). The molecule has 2 amide bonds. The molecule has 0 aliphatic heterocycles. The number of hydrogen-bond acceptors (Lipinski definition) is 6. The Bertz CT molecular complexity index is 485. The standard InChI is InChI=1S/C13H23N5O2S/c1-4-7-15-13-17-11(14)10(21-13)12(20)16-8-9(19)18(5-2)6-3/h4-8,14H2,1-3H3,(H,15,17)(H,16,20). The van der Waals surface area contributed by atoms with Gasteiger partial charge in [-0.05, 0) is 20.3 Å². The van der Waals surface area contributed by atoms with Crippen molar-refractivity contribution in [2.24, 2.45) is 0 Å². The highest BCUT2D eigenvalue weighted by Crippen LogP contribution is 2.24. The number of nitrogens with two attached hydrogens (primary N) is 1. The van der Waals surface area contributed by atoms with Crippen LogP contribution in [0.4, 0.5) is 10.9 Å². The fourth-order valence-electron chi connectivity index (χ4n) is 1.73. The van der Waals surface area contributed by atoms with E-state index in [2.05, 4.69) is 15.6 Å². The summed E-state index contributed by atoms with van der Waals surface area (Å²) < 4.78 is 0. The van der Waals surface area contributed by atoms with E-state index in [9.17, 15) is 9.59 Å². The van der Waals surface area contributed by atoms with Crippen molar-refractivity contribution < 1.29 is 9.59 Å². The van der Waals surface area contributed by atoms with Crippen LogP contribution in [0.5, 0.6) is 0 Å². The second-order valence-corrected chi connectivity index (χ2v) is 5.41. The number of aromatic nitrogens is 1. The first kappa shape index (κ1) is 17.2. The van der Waals surface area contributed by atoms with Crippen molar-refractivity contribution in [3.8, 4) is 0 Å². The van der Waals surface area contributed by atoms with Crippen molar-refractivity contribution in [2.75, 3.05) is 37.2 Å². The Morgan fingerprint density at radius 3 is 2.52 bits per heavy atom. The number of hydrogen-bond donors (Lipinski definition) is 3. The van der Waals surface area contributed by atoms with Crippen LogP contribution in [-0.4, -0.2) is 47.9 Å². The van der Waals surface area contributed by atoms with Crippen molar-refractivity contribution >= 4 is 34.1 Å². The lowest BCUT2D eigenvalue weighted by atomic mass is 10.4. The predicted octanol–water partition coefficient (Wildman–Crippen LogP) is 1.15. The molecule has 8 heteroatoms. The average molecular weight is 313 g/mol. The maximum atomic E-state index is 12.0. The summed E-state index contributed by atoms with van der Waals surface area (Å²) in [5, 5.41) is 6.29. The minimum Gasteiger partial charge on any atom is -0.382 e. The summed E-state index contributed by atoms with van der Waals surface area (Å²) in [6, 6.07) is 0. The number of nitrogens with one attached hydrogen (secondary N) is 2. The van der Waals surface area contributed by atoms with Gasteiger partial charge in [-0.25, -0.2) is 4.98 Å². The number of anilines is 2. The lowest BCUT2D eigenvalue weighted by Crippen LogP contribution is -2.39. The Balaban J connectivity index is 2.59. The van der Waals surface area contributed by atoms with E-state index in [0.29, 0.717) is 23.1 Å². The molecule has 0 unspecified atom stereocenters. The molecular weight excluding hydrogens is 290 g/mol. The fraction of sp³-hybridized carbons (Fsp3) is 0.615. The molecule has 0 aromatic carbocycles. The van der Waals surface area contributed by atoms with Gasteiger partial charge in [-0.15, -0.1) is 0 Å². The largest absolute Gasteiger partial charge is 0.382 e. The van der Waals surface area contributed by atoms with Crippen LogP contribution in [0.2, 0.25) is 0 Å². The van der Waals surface area contributed by atoms with E-state index >= 15 is 0 Å². The molecule has 0 atom stereocenters. The summed E-state index contributed by atoms with van der Waals surface area (Å²) in [4.78, 5) is 29.9. The lowest BCUT2D eigenvalue weighted by molar-refractivity contribution is -0.129. The number of rotatable bonds is 8. The molecule has 0 aliphatic carbocycles. The molecule has 0 saturated carbocycles. The van der Waals surface area contributed by atoms with Crippen LogP contribution >= 0.6 is 11.3 Å². The normalized spacial score (nSPS) is 10.2. The molecule has 0 spiro atoms. The highest BCUT2D eigenvalue weighted by Gasteiger charge is 2.18. The van der Waals surface area contributed by atoms with Crippen LogP contribution in [0.1, 0.15) is 36.9 Å². The third-order valence-corrected chi connectivity index (χ3v) is 3.93. The van der Waals surface area contributed by atoms with Crippen LogP contribution in [0.15, 0.2) is 0 Å². The minimum absolute atomic E-state index is 0.0322. The number of thiazole rings is 1. The smallest absolute Gasteiger partial charge is 0.265 e. The molecule has 0 bridgehead atoms. The van der Waals surface area contributed by atoms with Crippen molar-refractivity contribution in [3.05, 3.63) is 4.88 Å². The minimum atomic E-state index is -0.366. The maximum Gasteiger partial charge on any atom is 0.265 e. The molecular formula is C13H23N5O2S. The van der Waals surface area contributed by atoms with Crippen molar-refractivity contribution in [2.45, 2.75) is 27.2 Å². The number of nitrogen functional groups attached to an aromatic ring is 1. The monoisotopic (exact) mass is 313 g/mol. The van der Waals surface area contributed by atoms with Gasteiger partial charge in [-0.2, -0.15) is 0 Å². The van der Waals surface area contributed by atoms with Crippen LogP contribution in [0.25, 0.3) is 0 Å². The van der Waals surface area contributed by atoms with Crippen LogP contribution in [0, 0.1) is 0 Å². The third kappa shape index (κ3) is 4.89. The van der Waals surface area contributed by atoms with Gasteiger partial charge in [0.2, 0.25) is 5.91 Å². The third-order valence-electron chi connectivity index (χ3n) is 2.90. The van der Waals surface area contributed by atoms with E-state index in [4.69, 9.17) is 5.73 Å². The molecule has 7 nitrogen and oxygen atoms in total. The summed E-state index contributed by atoms with van der Waals surface area (Å²) in [6.07, 6.45) is 0.958. The molecule has 21 heavy (non-hydrogen) atoms. The van der Waals surface area contributed by atoms with Gasteiger partial charge in [0.25, 0.3) is 5.91 Å². The quantitative estimate of drug-likeness (QED) is 0.668. The zero-order valence-corrected chi connectivity index (χ0v) is 13.5. The fourth-order valence-corrected chi connectivity index (χ4v) is 2.55. The van der Waals surface area contributed by atoms with Crippen LogP contribution in [-0.2, 0) is 4.79 Å². The molecule has 1 aromatic heterocycles. The average Bonchev–Trinajstić information content (AvgIpc) is 2.85. The Hall–Kier alpha value is -1.83. The molecule has 0 aliphatic rings. The molecule has 118 valence electrons. The number of carbonyl (C=O) groups excluding carboxylic acids is 2. The zero-order chi connectivity index (χ0) is 15.8. The predicted molar refractivity (Wildman–Crippen MR) is 85.6 cm³/mol. The van der Waals surface area contributed by atoms with Gasteiger partial charge >= 0.3 is 0 Å². The maximum absolute atomic E-state index is 12.0. The zero-order valence-electron chi connectivity index (χ0n) is 12.7. The summed E-state index contributed by atoms with van der Waals surface area (Å²) in [5.41, 5.74) is 5.74. The molecule has 0 radical (unpaired) electrons. The molecule has 1 heterocycles. The first-order chi connectivity index (χ1) is 10.0. The molecule has 4 N–H and O–H groups in total. The second-order valence-electron chi connectivity index (χ2n) is 4.41. The molecule has 0 fully saturated rings. The van der Waals surface area contributed by atoms with E-state index in [1.54, 1.807) is 4.90 Å². The Labute approximate surface area is 128 Å². The van der Waals surface area contributed by atoms with Crippen molar-refractivity contribution in [3.63, 3.8) is 0 Å². The van der Waals surface area contributed by atoms with E-state index in [-0.39, 0.29) is 24.2 Å². The number of nitrogens with zero attached hydrogens (tertiary/aromatic N) is 2. The summed E-state index contributed by atoms with van der Waals surface area (Å²) in [7, 11) is 0. The van der Waals surface area contributed by atoms with Crippen LogP contribution < -0.4 is 16.4 Å². The Kier molecular flexibility index (Phi) is 6.93. The Morgan fingerprint density at radius 1 is 1.29 bits per heavy atom. The highest BCUT2D eigenvalue weighted by atomic mass is 32.1. The topological polar surface area (TPSA) is 100 Å². The van der Waals surface area contributed by atoms with Gasteiger partial charge in [0, 0.05) is 19.6 Å². The summed E-state index contributed by atoms with van der Waals surface area (Å²) in [6.45, 7) is 7.82. The van der Waals surface area contributed by atoms with Gasteiger partial charge in [0.15, 0.2) is 5.13 Å². The van der Waals surface area contributed by atoms with Gasteiger partial charge in [0.1, 0.15) is 10.7 Å². The van der Waals surface area contributed by atoms with E-state index in [1.807, 2.05) is 20.8 Å². The first-order valence-electron chi connectivity index (χ1n) is 7.09. The second kappa shape index (κ2) is 8.46. The summed E-state index contributed by atoms with van der Waals surface area (Å²) >= 11 is 1.19. The van der Waals surface area contributed by atoms with Crippen molar-refractivity contribution in [1.82, 2.24) is 15.2 Å². The van der Waals surface area contributed by atoms with E-state index < -0.39 is 0 Å². The number of carbonyl (C=O) groups is 2. The van der Waals surface area contributed by atoms with E-state index in [0.717, 1.165) is 13.0 Å². The van der Waals surface area contributed by atoms with Gasteiger partial charge in [-0.1, -0.05) is 18.3 Å². The SMILES string of the molecule is CCCNc1nc(N)c(C(=O)NCC(=O)N(CC)CC)s1. The number of likely N-dealkylation sites (N-methyl/N-ethyl adjacent to an activating group) is 1. The number of amides is 2. The highest BCUT2D eigenvalue weighted by molar-refractivity contribution is 7.18. The lowest BCUT2D eigenvalue weighted by Gasteiger charge is -2.18.